The number of aromatic nitrogens is 5. The van der Waals surface area contributed by atoms with E-state index in [1.165, 1.54) is 16.7 Å². The van der Waals surface area contributed by atoms with Crippen molar-refractivity contribution in [2.75, 3.05) is 6.54 Å². The molecule has 0 atom stereocenters. The van der Waals surface area contributed by atoms with Crippen LogP contribution in [0.1, 0.15) is 38.6 Å². The smallest absolute Gasteiger partial charge is 0.325 e. The van der Waals surface area contributed by atoms with E-state index >= 15 is 0 Å². The zero-order chi connectivity index (χ0) is 31.2. The van der Waals surface area contributed by atoms with Crippen LogP contribution in [0.5, 0.6) is 0 Å². The van der Waals surface area contributed by atoms with E-state index in [4.69, 9.17) is 0 Å². The van der Waals surface area contributed by atoms with Gasteiger partial charge >= 0.3 is 23.8 Å². The van der Waals surface area contributed by atoms with Crippen LogP contribution in [0.3, 0.4) is 0 Å². The van der Waals surface area contributed by atoms with Crippen LogP contribution in [0.2, 0.25) is 0 Å². The first-order chi connectivity index (χ1) is 20.2. The average molecular weight is 607 g/mol. The van der Waals surface area contributed by atoms with Crippen LogP contribution in [-0.4, -0.2) is 49.6 Å². The molecule has 16 heteroatoms. The predicted octanol–water partition coefficient (Wildman–Crippen LogP) is 2.72. The Morgan fingerprint density at radius 3 is 2.42 bits per heavy atom. The summed E-state index contributed by atoms with van der Waals surface area (Å²) < 4.78 is 82.9. The fraction of sp³-hybridized carbons (Fsp3) is 0.259. The first-order valence-electron chi connectivity index (χ1n) is 12.6. The van der Waals surface area contributed by atoms with Gasteiger partial charge in [0, 0.05) is 18.1 Å². The molecule has 224 valence electrons. The summed E-state index contributed by atoms with van der Waals surface area (Å²) in [4.78, 5) is 42.6. The van der Waals surface area contributed by atoms with Gasteiger partial charge in [0.1, 0.15) is 24.0 Å². The molecule has 1 aliphatic heterocycles. The lowest BCUT2D eigenvalue weighted by Crippen LogP contribution is -2.53. The molecule has 2 aromatic carbocycles. The molecule has 1 N–H and O–H groups in total. The van der Waals surface area contributed by atoms with Crippen LogP contribution in [0.15, 0.2) is 41.2 Å². The topological polar surface area (TPSA) is 114 Å². The molecule has 0 radical (unpaired) electrons. The fourth-order valence-corrected chi connectivity index (χ4v) is 4.60. The highest BCUT2D eigenvalue weighted by molar-refractivity contribution is 5.94. The molecule has 2 aromatic heterocycles. The summed E-state index contributed by atoms with van der Waals surface area (Å²) in [6.07, 6.45) is -5.25. The molecule has 0 bridgehead atoms. The third kappa shape index (κ3) is 5.85. The molecule has 3 heterocycles. The van der Waals surface area contributed by atoms with Gasteiger partial charge in [-0.1, -0.05) is 6.07 Å². The van der Waals surface area contributed by atoms with Gasteiger partial charge in [-0.3, -0.25) is 9.59 Å². The number of amides is 1. The van der Waals surface area contributed by atoms with Crippen LogP contribution in [0.4, 0.5) is 26.3 Å². The summed E-state index contributed by atoms with van der Waals surface area (Å²) in [6, 6.07) is 6.16. The number of carbonyl (C=O) groups is 2. The molecule has 10 nitrogen and oxygen atoms in total. The standard InChI is InChI=1S/C27H20F6N6O4/c1-13-14(2)24(40)35-34-21(13)8-15-3-4-20(30)19(7-15)25(41)37-5-6-38-22(12-37)39(43-26(42)27(31,32)33)36-23(38)16-9-17(28)11-18(29)10-16/h3-4,7,9-11H,5-6,8,12H2,1-2H3/p+1. The number of rotatable bonds is 5. The van der Waals surface area contributed by atoms with Gasteiger partial charge in [0.15, 0.2) is 0 Å². The van der Waals surface area contributed by atoms with Crippen molar-refractivity contribution >= 4 is 11.9 Å². The number of nitrogens with zero attached hydrogens (tertiary/aromatic N) is 5. The summed E-state index contributed by atoms with van der Waals surface area (Å²) in [5.74, 6) is -6.80. The molecular formula is C27H21F6N6O4+. The van der Waals surface area contributed by atoms with Crippen molar-refractivity contribution in [3.8, 4) is 11.4 Å². The van der Waals surface area contributed by atoms with Crippen molar-refractivity contribution in [2.24, 2.45) is 0 Å². The lowest BCUT2D eigenvalue weighted by molar-refractivity contribution is -0.702. The van der Waals surface area contributed by atoms with Gasteiger partial charge in [-0.25, -0.2) is 32.5 Å². The van der Waals surface area contributed by atoms with E-state index in [0.717, 1.165) is 23.1 Å². The number of nitrogens with one attached hydrogen (secondary N) is 1. The summed E-state index contributed by atoms with van der Waals surface area (Å²) in [7, 11) is 0. The van der Waals surface area contributed by atoms with E-state index in [0.29, 0.717) is 28.5 Å². The highest BCUT2D eigenvalue weighted by Crippen LogP contribution is 2.23. The Kier molecular flexibility index (Phi) is 7.54. The molecule has 43 heavy (non-hydrogen) atoms. The zero-order valence-electron chi connectivity index (χ0n) is 22.4. The van der Waals surface area contributed by atoms with Crippen LogP contribution < -0.4 is 15.0 Å². The van der Waals surface area contributed by atoms with Gasteiger partial charge in [-0.15, -0.1) is 0 Å². The Balaban J connectivity index is 1.48. The second kappa shape index (κ2) is 11.0. The molecule has 0 fully saturated rings. The van der Waals surface area contributed by atoms with Gasteiger partial charge in [-0.2, -0.15) is 18.3 Å². The number of carbonyl (C=O) groups excluding carboxylic acids is 2. The fourth-order valence-electron chi connectivity index (χ4n) is 4.60. The molecular weight excluding hydrogens is 586 g/mol. The van der Waals surface area contributed by atoms with E-state index in [1.54, 1.807) is 13.8 Å². The summed E-state index contributed by atoms with van der Waals surface area (Å²) >= 11 is 0. The van der Waals surface area contributed by atoms with Crippen LogP contribution in [0.25, 0.3) is 11.4 Å². The van der Waals surface area contributed by atoms with Crippen LogP contribution in [0, 0.1) is 31.3 Å². The van der Waals surface area contributed by atoms with Gasteiger partial charge in [-0.05, 0) is 49.2 Å². The Labute approximate surface area is 238 Å². The molecule has 0 saturated carbocycles. The number of benzene rings is 2. The largest absolute Gasteiger partial charge is 0.495 e. The predicted molar refractivity (Wildman–Crippen MR) is 134 cm³/mol. The quantitative estimate of drug-likeness (QED) is 0.276. The number of H-pyrrole nitrogens is 1. The molecule has 4 aromatic rings. The summed E-state index contributed by atoms with van der Waals surface area (Å²) in [6.45, 7) is 2.56. The van der Waals surface area contributed by atoms with Crippen LogP contribution in [-0.2, 0) is 24.3 Å². The Morgan fingerprint density at radius 2 is 1.74 bits per heavy atom. The maximum absolute atomic E-state index is 14.9. The number of halogens is 6. The van der Waals surface area contributed by atoms with Crippen molar-refractivity contribution < 1.29 is 45.3 Å². The normalized spacial score (nSPS) is 13.2. The second-order valence-electron chi connectivity index (χ2n) is 9.77. The van der Waals surface area contributed by atoms with E-state index in [9.17, 15) is 40.7 Å². The minimum Gasteiger partial charge on any atom is -0.325 e. The number of fused-ring (bicyclic) bond motifs is 1. The van der Waals surface area contributed by atoms with E-state index in [-0.39, 0.29) is 52.7 Å². The molecule has 0 spiro atoms. The molecule has 5 rings (SSSR count). The minimum atomic E-state index is -5.40. The maximum Gasteiger partial charge on any atom is 0.495 e. The van der Waals surface area contributed by atoms with Crippen molar-refractivity contribution in [1.29, 1.82) is 0 Å². The van der Waals surface area contributed by atoms with Crippen molar-refractivity contribution in [1.82, 2.24) is 25.0 Å². The van der Waals surface area contributed by atoms with Gasteiger partial charge in [0.05, 0.1) is 39.9 Å². The number of alkyl halides is 3. The Bertz CT molecular complexity index is 1810. The number of hydrogen-bond donors (Lipinski definition) is 1. The Hall–Kier alpha value is -5.02. The molecule has 0 unspecified atom stereocenters. The third-order valence-corrected chi connectivity index (χ3v) is 6.97. The summed E-state index contributed by atoms with van der Waals surface area (Å²) in [5.41, 5.74) is 1.18. The maximum atomic E-state index is 14.9. The molecule has 0 aliphatic carbocycles. The van der Waals surface area contributed by atoms with Crippen LogP contribution >= 0.6 is 0 Å². The highest BCUT2D eigenvalue weighted by Gasteiger charge is 2.46. The molecule has 0 saturated heterocycles. The van der Waals surface area contributed by atoms with Crippen molar-refractivity contribution in [3.05, 3.63) is 98.0 Å². The third-order valence-electron chi connectivity index (χ3n) is 6.97. The Morgan fingerprint density at radius 1 is 1.05 bits per heavy atom. The molecule has 1 amide bonds. The van der Waals surface area contributed by atoms with Gasteiger partial charge < -0.3 is 4.90 Å². The van der Waals surface area contributed by atoms with Crippen molar-refractivity contribution in [2.45, 2.75) is 39.5 Å². The first kappa shape index (κ1) is 29.5. The van der Waals surface area contributed by atoms with E-state index in [2.05, 4.69) is 20.1 Å². The first-order valence-corrected chi connectivity index (χ1v) is 12.6. The lowest BCUT2D eigenvalue weighted by Gasteiger charge is -2.25. The van der Waals surface area contributed by atoms with Gasteiger partial charge in [0.2, 0.25) is 0 Å². The van der Waals surface area contributed by atoms with E-state index in [1.807, 2.05) is 0 Å². The second-order valence-corrected chi connectivity index (χ2v) is 9.77. The lowest BCUT2D eigenvalue weighted by atomic mass is 10.0. The van der Waals surface area contributed by atoms with E-state index < -0.39 is 42.0 Å². The number of hydrogen-bond acceptors (Lipinski definition) is 6. The number of aromatic amines is 1. The SMILES string of the molecule is Cc1c(Cc2ccc(F)c(C(=O)N3CC[n+]4c(-c5cc(F)cc(F)c5)nn(OC(=O)C(F)(F)F)c4C3)c2)n[nH]c(=O)c1C. The molecule has 1 aliphatic rings. The zero-order valence-corrected chi connectivity index (χ0v) is 22.4. The minimum absolute atomic E-state index is 0.107. The van der Waals surface area contributed by atoms with Gasteiger partial charge in [0.25, 0.3) is 11.5 Å². The van der Waals surface area contributed by atoms with Crippen molar-refractivity contribution in [3.63, 3.8) is 0 Å². The highest BCUT2D eigenvalue weighted by atomic mass is 19.4. The summed E-state index contributed by atoms with van der Waals surface area (Å²) in [5, 5.41) is 10.2. The average Bonchev–Trinajstić information content (AvgIpc) is 3.30. The monoisotopic (exact) mass is 607 g/mol.